The summed E-state index contributed by atoms with van der Waals surface area (Å²) in [4.78, 5) is 35.7. The molecule has 3 aromatic rings. The van der Waals surface area contributed by atoms with E-state index in [2.05, 4.69) is 5.32 Å². The van der Waals surface area contributed by atoms with Crippen molar-refractivity contribution in [1.29, 1.82) is 0 Å². The molecule has 2 aromatic carbocycles. The Balaban J connectivity index is 1.60. The summed E-state index contributed by atoms with van der Waals surface area (Å²) in [5.74, 6) is -1.90. The molecular formula is C18H15ClN2O5. The van der Waals surface area contributed by atoms with Crippen molar-refractivity contribution in [2.75, 3.05) is 11.9 Å². The molecule has 1 heterocycles. The second-order valence-corrected chi connectivity index (χ2v) is 6.03. The number of hydrogen-bond donors (Lipinski definition) is 1. The van der Waals surface area contributed by atoms with Gasteiger partial charge >= 0.3 is 11.7 Å². The smallest absolute Gasteiger partial charge is 0.420 e. The van der Waals surface area contributed by atoms with E-state index in [-0.39, 0.29) is 6.54 Å². The topological polar surface area (TPSA) is 90.5 Å². The summed E-state index contributed by atoms with van der Waals surface area (Å²) >= 11 is 5.89. The minimum Gasteiger partial charge on any atom is -0.454 e. The standard InChI is InChI=1S/C18H15ClN2O5/c1-11-6-7-12(19)8-13(11)20-16(22)10-25-17(23)9-21-14-4-2-3-5-15(14)26-18(21)24/h2-8H,9-10H2,1H3,(H,20,22). The molecule has 3 rings (SSSR count). The van der Waals surface area contributed by atoms with Crippen LogP contribution in [0.4, 0.5) is 5.69 Å². The first kappa shape index (κ1) is 17.8. The minimum absolute atomic E-state index is 0.348. The Morgan fingerprint density at radius 1 is 1.23 bits per heavy atom. The number of anilines is 1. The number of esters is 1. The zero-order chi connectivity index (χ0) is 18.7. The molecule has 0 aliphatic heterocycles. The molecule has 1 aromatic heterocycles. The normalized spacial score (nSPS) is 10.7. The summed E-state index contributed by atoms with van der Waals surface area (Å²) in [5.41, 5.74) is 2.22. The molecule has 0 aliphatic carbocycles. The number of benzene rings is 2. The zero-order valence-corrected chi connectivity index (χ0v) is 14.6. The predicted octanol–water partition coefficient (Wildman–Crippen LogP) is 2.74. The minimum atomic E-state index is -0.725. The van der Waals surface area contributed by atoms with E-state index in [9.17, 15) is 14.4 Å². The highest BCUT2D eigenvalue weighted by Crippen LogP contribution is 2.20. The van der Waals surface area contributed by atoms with Crippen molar-refractivity contribution in [1.82, 2.24) is 4.57 Å². The van der Waals surface area contributed by atoms with Gasteiger partial charge in [0.25, 0.3) is 5.91 Å². The number of oxazole rings is 1. The molecule has 0 saturated heterocycles. The Labute approximate surface area is 153 Å². The lowest BCUT2D eigenvalue weighted by molar-refractivity contribution is -0.147. The van der Waals surface area contributed by atoms with Gasteiger partial charge in [-0.25, -0.2) is 4.79 Å². The summed E-state index contributed by atoms with van der Waals surface area (Å²) in [6.07, 6.45) is 0. The lowest BCUT2D eigenvalue weighted by Crippen LogP contribution is -2.26. The number of ether oxygens (including phenoxy) is 1. The van der Waals surface area contributed by atoms with Crippen LogP contribution in [-0.2, 0) is 20.9 Å². The molecule has 8 heteroatoms. The predicted molar refractivity (Wildman–Crippen MR) is 96.3 cm³/mol. The van der Waals surface area contributed by atoms with Gasteiger partial charge in [-0.15, -0.1) is 0 Å². The number of carbonyl (C=O) groups excluding carboxylic acids is 2. The van der Waals surface area contributed by atoms with Crippen LogP contribution in [0.1, 0.15) is 5.56 Å². The van der Waals surface area contributed by atoms with E-state index >= 15 is 0 Å². The highest BCUT2D eigenvalue weighted by atomic mass is 35.5. The van der Waals surface area contributed by atoms with Gasteiger partial charge in [0.15, 0.2) is 12.2 Å². The molecule has 0 bridgehead atoms. The van der Waals surface area contributed by atoms with Gasteiger partial charge in [-0.1, -0.05) is 29.8 Å². The number of aromatic nitrogens is 1. The van der Waals surface area contributed by atoms with Crippen molar-refractivity contribution in [2.45, 2.75) is 13.5 Å². The molecule has 7 nitrogen and oxygen atoms in total. The average Bonchev–Trinajstić information content (AvgIpc) is 2.92. The lowest BCUT2D eigenvalue weighted by atomic mass is 10.2. The van der Waals surface area contributed by atoms with Gasteiger partial charge in [0, 0.05) is 10.7 Å². The van der Waals surface area contributed by atoms with Crippen molar-refractivity contribution in [3.63, 3.8) is 0 Å². The van der Waals surface area contributed by atoms with Gasteiger partial charge in [0.1, 0.15) is 6.54 Å². The van der Waals surface area contributed by atoms with Crippen LogP contribution in [0.5, 0.6) is 0 Å². The first-order chi connectivity index (χ1) is 12.4. The van der Waals surface area contributed by atoms with Crippen LogP contribution in [-0.4, -0.2) is 23.1 Å². The Morgan fingerprint density at radius 2 is 2.00 bits per heavy atom. The number of fused-ring (bicyclic) bond motifs is 1. The van der Waals surface area contributed by atoms with Crippen LogP contribution >= 0.6 is 11.6 Å². The van der Waals surface area contributed by atoms with E-state index in [1.807, 2.05) is 6.92 Å². The molecule has 134 valence electrons. The average molecular weight is 375 g/mol. The largest absolute Gasteiger partial charge is 0.454 e. The second-order valence-electron chi connectivity index (χ2n) is 5.59. The van der Waals surface area contributed by atoms with Crippen molar-refractivity contribution in [2.24, 2.45) is 0 Å². The van der Waals surface area contributed by atoms with E-state index in [1.54, 1.807) is 42.5 Å². The summed E-state index contributed by atoms with van der Waals surface area (Å²) in [6, 6.07) is 11.8. The van der Waals surface area contributed by atoms with Gasteiger partial charge in [-0.3, -0.25) is 14.2 Å². The molecule has 0 saturated carbocycles. The fourth-order valence-electron chi connectivity index (χ4n) is 2.40. The summed E-state index contributed by atoms with van der Waals surface area (Å²) in [5, 5.41) is 3.10. The van der Waals surface area contributed by atoms with E-state index in [1.165, 1.54) is 0 Å². The van der Waals surface area contributed by atoms with Gasteiger partial charge < -0.3 is 14.5 Å². The monoisotopic (exact) mass is 374 g/mol. The summed E-state index contributed by atoms with van der Waals surface area (Å²) in [6.45, 7) is 0.989. The van der Waals surface area contributed by atoms with Crippen LogP contribution in [0, 0.1) is 6.92 Å². The van der Waals surface area contributed by atoms with Crippen molar-refractivity contribution >= 4 is 40.3 Å². The molecular weight excluding hydrogens is 360 g/mol. The third kappa shape index (κ3) is 3.94. The number of nitrogens with one attached hydrogen (secondary N) is 1. The molecule has 0 radical (unpaired) electrons. The molecule has 1 N–H and O–H groups in total. The Bertz CT molecular complexity index is 1040. The first-order valence-corrected chi connectivity index (χ1v) is 8.12. The third-order valence-electron chi connectivity index (χ3n) is 3.70. The van der Waals surface area contributed by atoms with Crippen LogP contribution in [0.2, 0.25) is 5.02 Å². The van der Waals surface area contributed by atoms with Crippen molar-refractivity contribution in [3.8, 4) is 0 Å². The second kappa shape index (κ2) is 7.45. The van der Waals surface area contributed by atoms with Crippen LogP contribution < -0.4 is 11.1 Å². The van der Waals surface area contributed by atoms with Crippen LogP contribution in [0.3, 0.4) is 0 Å². The van der Waals surface area contributed by atoms with Gasteiger partial charge in [0.2, 0.25) is 0 Å². The molecule has 0 atom stereocenters. The molecule has 1 amide bonds. The van der Waals surface area contributed by atoms with Crippen molar-refractivity contribution < 1.29 is 18.7 Å². The SMILES string of the molecule is Cc1ccc(Cl)cc1NC(=O)COC(=O)Cn1c(=O)oc2ccccc21. The van der Waals surface area contributed by atoms with Crippen molar-refractivity contribution in [3.05, 3.63) is 63.6 Å². The van der Waals surface area contributed by atoms with E-state index < -0.39 is 24.2 Å². The lowest BCUT2D eigenvalue weighted by Gasteiger charge is -2.09. The number of rotatable bonds is 5. The van der Waals surface area contributed by atoms with Gasteiger partial charge in [-0.05, 0) is 36.8 Å². The quantitative estimate of drug-likeness (QED) is 0.693. The van der Waals surface area contributed by atoms with Gasteiger partial charge in [0.05, 0.1) is 5.52 Å². The molecule has 0 unspecified atom stereocenters. The molecule has 0 spiro atoms. The Kier molecular flexibility index (Phi) is 5.09. The highest BCUT2D eigenvalue weighted by molar-refractivity contribution is 6.31. The number of halogens is 1. The molecule has 0 fully saturated rings. The number of carbonyl (C=O) groups is 2. The number of hydrogen-bond acceptors (Lipinski definition) is 5. The molecule has 0 aliphatic rings. The maximum absolute atomic E-state index is 12.0. The Morgan fingerprint density at radius 3 is 2.81 bits per heavy atom. The number of amides is 1. The fourth-order valence-corrected chi connectivity index (χ4v) is 2.57. The fraction of sp³-hybridized carbons (Fsp3) is 0.167. The number of aryl methyl sites for hydroxylation is 1. The summed E-state index contributed by atoms with van der Waals surface area (Å²) in [7, 11) is 0. The zero-order valence-electron chi connectivity index (χ0n) is 13.8. The van der Waals surface area contributed by atoms with E-state index in [0.29, 0.717) is 21.8 Å². The number of para-hydroxylation sites is 2. The van der Waals surface area contributed by atoms with E-state index in [0.717, 1.165) is 10.1 Å². The highest BCUT2D eigenvalue weighted by Gasteiger charge is 2.14. The maximum Gasteiger partial charge on any atom is 0.420 e. The van der Waals surface area contributed by atoms with Crippen LogP contribution in [0.15, 0.2) is 51.7 Å². The number of nitrogens with zero attached hydrogens (tertiary/aromatic N) is 1. The third-order valence-corrected chi connectivity index (χ3v) is 3.93. The maximum atomic E-state index is 12.0. The first-order valence-electron chi connectivity index (χ1n) is 7.74. The Hall–Kier alpha value is -3.06. The van der Waals surface area contributed by atoms with Gasteiger partial charge in [-0.2, -0.15) is 0 Å². The van der Waals surface area contributed by atoms with Crippen LogP contribution in [0.25, 0.3) is 11.1 Å². The van der Waals surface area contributed by atoms with E-state index in [4.69, 9.17) is 20.8 Å². The molecule has 26 heavy (non-hydrogen) atoms. The summed E-state index contributed by atoms with van der Waals surface area (Å²) < 4.78 is 11.1.